The Morgan fingerprint density at radius 1 is 1.40 bits per heavy atom. The van der Waals surface area contributed by atoms with E-state index in [2.05, 4.69) is 9.97 Å². The normalized spacial score (nSPS) is 10.8. The van der Waals surface area contributed by atoms with E-state index in [1.165, 1.54) is 0 Å². The summed E-state index contributed by atoms with van der Waals surface area (Å²) in [5.74, 6) is 1.05. The molecule has 0 spiro atoms. The first-order valence-corrected chi connectivity index (χ1v) is 4.87. The molecular formula is C10H14N4O. The molecular weight excluding hydrogens is 192 g/mol. The third-order valence-corrected chi connectivity index (χ3v) is 2.36. The fourth-order valence-corrected chi connectivity index (χ4v) is 1.48. The van der Waals surface area contributed by atoms with Gasteiger partial charge in [-0.2, -0.15) is 0 Å². The molecule has 2 aromatic rings. The van der Waals surface area contributed by atoms with Gasteiger partial charge in [0.2, 0.25) is 0 Å². The van der Waals surface area contributed by atoms with E-state index in [4.69, 9.17) is 5.11 Å². The highest BCUT2D eigenvalue weighted by Crippen LogP contribution is 2.00. The predicted octanol–water partition coefficient (Wildman–Crippen LogP) is 0.352. The van der Waals surface area contributed by atoms with Gasteiger partial charge in [-0.05, 0) is 0 Å². The third kappa shape index (κ3) is 2.24. The molecule has 15 heavy (non-hydrogen) atoms. The lowest BCUT2D eigenvalue weighted by molar-refractivity contribution is 0.277. The van der Waals surface area contributed by atoms with Crippen LogP contribution >= 0.6 is 0 Å². The average molecular weight is 206 g/mol. The second-order valence-corrected chi connectivity index (χ2v) is 3.47. The number of nitrogens with zero attached hydrogens (tertiary/aromatic N) is 4. The molecule has 0 saturated heterocycles. The van der Waals surface area contributed by atoms with E-state index in [0.29, 0.717) is 5.69 Å². The first-order chi connectivity index (χ1) is 7.29. The fraction of sp³-hybridized carbons (Fsp3) is 0.400. The summed E-state index contributed by atoms with van der Waals surface area (Å²) in [6.45, 7) is 0.827. The molecule has 0 bridgehead atoms. The summed E-state index contributed by atoms with van der Waals surface area (Å²) < 4.78 is 3.96. The van der Waals surface area contributed by atoms with Crippen molar-refractivity contribution < 1.29 is 5.11 Å². The summed E-state index contributed by atoms with van der Waals surface area (Å²) in [6.07, 6.45) is 8.17. The van der Waals surface area contributed by atoms with E-state index < -0.39 is 0 Å². The number of rotatable bonds is 4. The highest BCUT2D eigenvalue weighted by molar-refractivity contribution is 4.96. The molecule has 0 saturated carbocycles. The van der Waals surface area contributed by atoms with Gasteiger partial charge < -0.3 is 14.2 Å². The molecule has 1 N–H and O–H groups in total. The smallest absolute Gasteiger partial charge is 0.110 e. The Morgan fingerprint density at radius 2 is 2.27 bits per heavy atom. The summed E-state index contributed by atoms with van der Waals surface area (Å²) in [4.78, 5) is 8.28. The summed E-state index contributed by atoms with van der Waals surface area (Å²) in [5.41, 5.74) is 0.704. The Balaban J connectivity index is 1.96. The van der Waals surface area contributed by atoms with Gasteiger partial charge >= 0.3 is 0 Å². The molecule has 0 fully saturated rings. The van der Waals surface area contributed by atoms with Crippen molar-refractivity contribution in [2.75, 3.05) is 0 Å². The predicted molar refractivity (Wildman–Crippen MR) is 55.1 cm³/mol. The average Bonchev–Trinajstić information content (AvgIpc) is 2.84. The van der Waals surface area contributed by atoms with Crippen molar-refractivity contribution in [1.82, 2.24) is 19.1 Å². The van der Waals surface area contributed by atoms with Gasteiger partial charge in [-0.15, -0.1) is 0 Å². The van der Waals surface area contributed by atoms with Crippen LogP contribution in [0.25, 0.3) is 0 Å². The van der Waals surface area contributed by atoms with Gasteiger partial charge in [0.05, 0.1) is 18.6 Å². The minimum Gasteiger partial charge on any atom is -0.390 e. The molecule has 5 heteroatoms. The molecule has 80 valence electrons. The van der Waals surface area contributed by atoms with Gasteiger partial charge in [0.15, 0.2) is 0 Å². The van der Waals surface area contributed by atoms with E-state index in [-0.39, 0.29) is 6.61 Å². The quantitative estimate of drug-likeness (QED) is 0.785. The van der Waals surface area contributed by atoms with E-state index >= 15 is 0 Å². The van der Waals surface area contributed by atoms with Crippen molar-refractivity contribution in [3.63, 3.8) is 0 Å². The topological polar surface area (TPSA) is 55.9 Å². The lowest BCUT2D eigenvalue weighted by Gasteiger charge is -2.02. The molecule has 0 aliphatic carbocycles. The highest BCUT2D eigenvalue weighted by atomic mass is 16.3. The van der Waals surface area contributed by atoms with Gasteiger partial charge in [0.25, 0.3) is 0 Å². The van der Waals surface area contributed by atoms with Gasteiger partial charge in [0.1, 0.15) is 5.82 Å². The second-order valence-electron chi connectivity index (χ2n) is 3.47. The maximum atomic E-state index is 8.85. The molecule has 0 unspecified atom stereocenters. The van der Waals surface area contributed by atoms with Crippen molar-refractivity contribution in [1.29, 1.82) is 0 Å². The van der Waals surface area contributed by atoms with Crippen LogP contribution in [-0.4, -0.2) is 24.2 Å². The first-order valence-electron chi connectivity index (χ1n) is 4.87. The number of hydrogen-bond donors (Lipinski definition) is 1. The number of imidazole rings is 2. The van der Waals surface area contributed by atoms with Crippen LogP contribution in [-0.2, 0) is 26.6 Å². The molecule has 0 radical (unpaired) electrons. The van der Waals surface area contributed by atoms with Crippen LogP contribution in [0.2, 0.25) is 0 Å². The van der Waals surface area contributed by atoms with Crippen LogP contribution in [0, 0.1) is 0 Å². The molecule has 5 nitrogen and oxygen atoms in total. The molecule has 2 heterocycles. The largest absolute Gasteiger partial charge is 0.390 e. The van der Waals surface area contributed by atoms with Crippen molar-refractivity contribution >= 4 is 0 Å². The summed E-state index contributed by atoms with van der Waals surface area (Å²) in [7, 11) is 1.98. The number of aromatic nitrogens is 4. The maximum absolute atomic E-state index is 8.85. The van der Waals surface area contributed by atoms with Gasteiger partial charge in [0, 0.05) is 38.6 Å². The zero-order chi connectivity index (χ0) is 10.7. The summed E-state index contributed by atoms with van der Waals surface area (Å²) in [6, 6.07) is 0. The molecule has 0 amide bonds. The Hall–Kier alpha value is -1.62. The fourth-order valence-electron chi connectivity index (χ4n) is 1.48. The SMILES string of the molecule is Cn1ccnc1CCn1cnc(CO)c1. The van der Waals surface area contributed by atoms with Crippen LogP contribution in [0.3, 0.4) is 0 Å². The van der Waals surface area contributed by atoms with Crippen LogP contribution in [0.5, 0.6) is 0 Å². The summed E-state index contributed by atoms with van der Waals surface area (Å²) in [5, 5.41) is 8.85. The number of aliphatic hydroxyl groups is 1. The number of aliphatic hydroxyl groups excluding tert-OH is 1. The molecule has 0 aliphatic rings. The zero-order valence-electron chi connectivity index (χ0n) is 8.67. The monoisotopic (exact) mass is 206 g/mol. The lowest BCUT2D eigenvalue weighted by atomic mass is 10.4. The van der Waals surface area contributed by atoms with Crippen molar-refractivity contribution in [3.05, 3.63) is 36.4 Å². The van der Waals surface area contributed by atoms with Crippen LogP contribution in [0.4, 0.5) is 0 Å². The minimum atomic E-state index is -0.00456. The number of hydrogen-bond acceptors (Lipinski definition) is 3. The van der Waals surface area contributed by atoms with Crippen LogP contribution < -0.4 is 0 Å². The van der Waals surface area contributed by atoms with E-state index in [0.717, 1.165) is 18.8 Å². The molecule has 0 aromatic carbocycles. The first kappa shape index (κ1) is 9.92. The standard InChI is InChI=1S/C10H14N4O/c1-13-5-3-11-10(13)2-4-14-6-9(7-15)12-8-14/h3,5-6,8,15H,2,4,7H2,1H3. The molecule has 0 aliphatic heterocycles. The van der Waals surface area contributed by atoms with Crippen molar-refractivity contribution in [2.24, 2.45) is 7.05 Å². The Labute approximate surface area is 88.0 Å². The van der Waals surface area contributed by atoms with Crippen LogP contribution in [0.1, 0.15) is 11.5 Å². The Morgan fingerprint density at radius 3 is 2.87 bits per heavy atom. The van der Waals surface area contributed by atoms with Crippen molar-refractivity contribution in [2.45, 2.75) is 19.6 Å². The van der Waals surface area contributed by atoms with E-state index in [9.17, 15) is 0 Å². The third-order valence-electron chi connectivity index (χ3n) is 2.36. The maximum Gasteiger partial charge on any atom is 0.110 e. The highest BCUT2D eigenvalue weighted by Gasteiger charge is 2.01. The second kappa shape index (κ2) is 4.27. The summed E-state index contributed by atoms with van der Waals surface area (Å²) >= 11 is 0. The van der Waals surface area contributed by atoms with Crippen molar-refractivity contribution in [3.8, 4) is 0 Å². The lowest BCUT2D eigenvalue weighted by Crippen LogP contribution is -2.03. The van der Waals surface area contributed by atoms with Gasteiger partial charge in [-0.25, -0.2) is 9.97 Å². The van der Waals surface area contributed by atoms with Crippen LogP contribution in [0.15, 0.2) is 24.9 Å². The minimum absolute atomic E-state index is 0.00456. The van der Waals surface area contributed by atoms with E-state index in [1.54, 1.807) is 12.5 Å². The molecule has 2 rings (SSSR count). The zero-order valence-corrected chi connectivity index (χ0v) is 8.67. The van der Waals surface area contributed by atoms with E-state index in [1.807, 2.05) is 28.6 Å². The van der Waals surface area contributed by atoms with Gasteiger partial charge in [-0.3, -0.25) is 0 Å². The molecule has 0 atom stereocenters. The Bertz CT molecular complexity index is 432. The number of aryl methyl sites for hydroxylation is 3. The Kier molecular flexibility index (Phi) is 2.82. The molecule has 2 aromatic heterocycles. The van der Waals surface area contributed by atoms with Gasteiger partial charge in [-0.1, -0.05) is 0 Å².